The monoisotopic (exact) mass is 299 g/mol. The molecular formula is C16H26FNOS. The lowest BCUT2D eigenvalue weighted by molar-refractivity contribution is 0.0122. The van der Waals surface area contributed by atoms with Crippen LogP contribution in [-0.2, 0) is 4.74 Å². The Labute approximate surface area is 126 Å². The van der Waals surface area contributed by atoms with Crippen molar-refractivity contribution in [3.8, 4) is 0 Å². The summed E-state index contributed by atoms with van der Waals surface area (Å²) in [5, 5.41) is 3.49. The van der Waals surface area contributed by atoms with Crippen molar-refractivity contribution in [1.29, 1.82) is 0 Å². The summed E-state index contributed by atoms with van der Waals surface area (Å²) in [5.41, 5.74) is -0.0861. The summed E-state index contributed by atoms with van der Waals surface area (Å²) in [6, 6.07) is 7.20. The topological polar surface area (TPSA) is 21.3 Å². The van der Waals surface area contributed by atoms with Crippen LogP contribution in [0, 0.1) is 5.82 Å². The van der Waals surface area contributed by atoms with Gasteiger partial charge in [-0.05, 0) is 51.4 Å². The average molecular weight is 299 g/mol. The zero-order valence-electron chi connectivity index (χ0n) is 12.9. The van der Waals surface area contributed by atoms with Gasteiger partial charge in [-0.3, -0.25) is 0 Å². The smallest absolute Gasteiger partial charge is 0.124 e. The molecule has 1 N–H and O–H groups in total. The Morgan fingerprint density at radius 2 is 2.15 bits per heavy atom. The van der Waals surface area contributed by atoms with E-state index < -0.39 is 0 Å². The fourth-order valence-corrected chi connectivity index (χ4v) is 2.96. The summed E-state index contributed by atoms with van der Waals surface area (Å²) in [6.45, 7) is 7.27. The Balaban J connectivity index is 2.46. The highest BCUT2D eigenvalue weighted by Crippen LogP contribution is 2.23. The molecule has 0 saturated heterocycles. The third kappa shape index (κ3) is 6.73. The second-order valence-electron chi connectivity index (χ2n) is 5.53. The standard InChI is InChI=1S/C16H26FNOS/c1-5-18-14(9-10-16(2,3)19-4)12-20-15-8-6-7-13(17)11-15/h6-8,11,14,18H,5,9-10,12H2,1-4H3. The van der Waals surface area contributed by atoms with Crippen LogP contribution in [0.25, 0.3) is 0 Å². The highest BCUT2D eigenvalue weighted by molar-refractivity contribution is 7.99. The molecule has 0 aliphatic rings. The van der Waals surface area contributed by atoms with Gasteiger partial charge in [0, 0.05) is 23.8 Å². The molecule has 2 nitrogen and oxygen atoms in total. The number of hydrogen-bond donors (Lipinski definition) is 1. The molecule has 0 fully saturated rings. The zero-order chi connectivity index (χ0) is 15.0. The molecule has 1 aromatic rings. The van der Waals surface area contributed by atoms with Crippen LogP contribution < -0.4 is 5.32 Å². The third-order valence-electron chi connectivity index (χ3n) is 3.39. The van der Waals surface area contributed by atoms with Crippen molar-refractivity contribution in [2.75, 3.05) is 19.4 Å². The maximum atomic E-state index is 13.1. The van der Waals surface area contributed by atoms with Gasteiger partial charge >= 0.3 is 0 Å². The molecular weight excluding hydrogens is 273 g/mol. The fraction of sp³-hybridized carbons (Fsp3) is 0.625. The van der Waals surface area contributed by atoms with Crippen LogP contribution in [0.3, 0.4) is 0 Å². The highest BCUT2D eigenvalue weighted by Gasteiger charge is 2.19. The van der Waals surface area contributed by atoms with E-state index in [2.05, 4.69) is 26.1 Å². The van der Waals surface area contributed by atoms with E-state index in [1.807, 2.05) is 6.07 Å². The van der Waals surface area contributed by atoms with Gasteiger partial charge in [-0.25, -0.2) is 4.39 Å². The molecule has 0 spiro atoms. The van der Waals surface area contributed by atoms with Gasteiger partial charge in [0.1, 0.15) is 5.82 Å². The molecule has 1 atom stereocenters. The molecule has 4 heteroatoms. The van der Waals surface area contributed by atoms with E-state index in [0.29, 0.717) is 6.04 Å². The van der Waals surface area contributed by atoms with Crippen LogP contribution in [0.15, 0.2) is 29.2 Å². The van der Waals surface area contributed by atoms with Gasteiger partial charge in [0.2, 0.25) is 0 Å². The first-order valence-electron chi connectivity index (χ1n) is 7.13. The quantitative estimate of drug-likeness (QED) is 0.694. The maximum Gasteiger partial charge on any atom is 0.124 e. The number of thioether (sulfide) groups is 1. The minimum absolute atomic E-state index is 0.0861. The molecule has 0 heterocycles. The SMILES string of the molecule is CCNC(CCC(C)(C)OC)CSc1cccc(F)c1. The van der Waals surface area contributed by atoms with Gasteiger partial charge in [-0.2, -0.15) is 0 Å². The Kier molecular flexibility index (Phi) is 7.56. The molecule has 1 rings (SSSR count). The van der Waals surface area contributed by atoms with Crippen LogP contribution in [0.1, 0.15) is 33.6 Å². The number of nitrogens with one attached hydrogen (secondary N) is 1. The minimum atomic E-state index is -0.171. The fourth-order valence-electron chi connectivity index (χ4n) is 1.91. The summed E-state index contributed by atoms with van der Waals surface area (Å²) in [4.78, 5) is 0.985. The van der Waals surface area contributed by atoms with Crippen molar-refractivity contribution >= 4 is 11.8 Å². The lowest BCUT2D eigenvalue weighted by atomic mass is 9.99. The number of ether oxygens (including phenoxy) is 1. The number of methoxy groups -OCH3 is 1. The lowest BCUT2D eigenvalue weighted by Gasteiger charge is -2.26. The van der Waals surface area contributed by atoms with Crippen molar-refractivity contribution in [3.05, 3.63) is 30.1 Å². The zero-order valence-corrected chi connectivity index (χ0v) is 13.7. The number of benzene rings is 1. The van der Waals surface area contributed by atoms with E-state index >= 15 is 0 Å². The molecule has 1 unspecified atom stereocenters. The Morgan fingerprint density at radius 3 is 2.75 bits per heavy atom. The summed E-state index contributed by atoms with van der Waals surface area (Å²) < 4.78 is 18.6. The van der Waals surface area contributed by atoms with Crippen LogP contribution in [0.2, 0.25) is 0 Å². The van der Waals surface area contributed by atoms with Crippen molar-refractivity contribution in [3.63, 3.8) is 0 Å². The second-order valence-corrected chi connectivity index (χ2v) is 6.62. The summed E-state index contributed by atoms with van der Waals surface area (Å²) in [7, 11) is 1.75. The van der Waals surface area contributed by atoms with Crippen molar-refractivity contribution in [2.45, 2.75) is 50.2 Å². The van der Waals surface area contributed by atoms with Crippen LogP contribution >= 0.6 is 11.8 Å². The maximum absolute atomic E-state index is 13.1. The van der Waals surface area contributed by atoms with E-state index in [1.54, 1.807) is 31.0 Å². The Hall–Kier alpha value is -0.580. The van der Waals surface area contributed by atoms with E-state index in [-0.39, 0.29) is 11.4 Å². The summed E-state index contributed by atoms with van der Waals surface area (Å²) in [5.74, 6) is 0.771. The largest absolute Gasteiger partial charge is 0.379 e. The van der Waals surface area contributed by atoms with Crippen LogP contribution in [0.5, 0.6) is 0 Å². The molecule has 0 saturated carbocycles. The Morgan fingerprint density at radius 1 is 1.40 bits per heavy atom. The van der Waals surface area contributed by atoms with Gasteiger partial charge in [-0.15, -0.1) is 11.8 Å². The highest BCUT2D eigenvalue weighted by atomic mass is 32.2. The van der Waals surface area contributed by atoms with E-state index in [1.165, 1.54) is 6.07 Å². The normalized spacial score (nSPS) is 13.4. The molecule has 114 valence electrons. The third-order valence-corrected chi connectivity index (χ3v) is 4.54. The second kappa shape index (κ2) is 8.65. The molecule has 20 heavy (non-hydrogen) atoms. The molecule has 0 aliphatic carbocycles. The first kappa shape index (κ1) is 17.5. The summed E-state index contributed by atoms with van der Waals surface area (Å²) in [6.07, 6.45) is 2.06. The number of halogens is 1. The van der Waals surface area contributed by atoms with E-state index in [0.717, 1.165) is 30.0 Å². The van der Waals surface area contributed by atoms with Gasteiger partial charge < -0.3 is 10.1 Å². The molecule has 0 radical (unpaired) electrons. The number of hydrogen-bond acceptors (Lipinski definition) is 3. The molecule has 0 amide bonds. The summed E-state index contributed by atoms with van der Waals surface area (Å²) >= 11 is 1.70. The average Bonchev–Trinajstić information content (AvgIpc) is 2.42. The molecule has 0 bridgehead atoms. The lowest BCUT2D eigenvalue weighted by Crippen LogP contribution is -2.34. The van der Waals surface area contributed by atoms with Crippen molar-refractivity contribution in [1.82, 2.24) is 5.32 Å². The van der Waals surface area contributed by atoms with E-state index in [9.17, 15) is 4.39 Å². The van der Waals surface area contributed by atoms with Gasteiger partial charge in [0.25, 0.3) is 0 Å². The van der Waals surface area contributed by atoms with Crippen LogP contribution in [0.4, 0.5) is 4.39 Å². The predicted molar refractivity (Wildman–Crippen MR) is 84.9 cm³/mol. The molecule has 0 aromatic heterocycles. The first-order valence-corrected chi connectivity index (χ1v) is 8.12. The van der Waals surface area contributed by atoms with E-state index in [4.69, 9.17) is 4.74 Å². The molecule has 1 aromatic carbocycles. The van der Waals surface area contributed by atoms with Gasteiger partial charge in [-0.1, -0.05) is 13.0 Å². The van der Waals surface area contributed by atoms with Gasteiger partial charge in [0.15, 0.2) is 0 Å². The van der Waals surface area contributed by atoms with Gasteiger partial charge in [0.05, 0.1) is 5.60 Å². The predicted octanol–water partition coefficient (Wildman–Crippen LogP) is 4.10. The minimum Gasteiger partial charge on any atom is -0.379 e. The van der Waals surface area contributed by atoms with Crippen molar-refractivity contribution in [2.24, 2.45) is 0 Å². The van der Waals surface area contributed by atoms with Crippen molar-refractivity contribution < 1.29 is 9.13 Å². The number of rotatable bonds is 9. The Bertz CT molecular complexity index is 398. The van der Waals surface area contributed by atoms with Crippen LogP contribution in [-0.4, -0.2) is 31.1 Å². The molecule has 0 aliphatic heterocycles. The first-order chi connectivity index (χ1) is 9.46.